The summed E-state index contributed by atoms with van der Waals surface area (Å²) in [6, 6.07) is 0. The van der Waals surface area contributed by atoms with Crippen LogP contribution in [0.5, 0.6) is 0 Å². The number of primary amides is 2. The minimum absolute atomic E-state index is 0. The Bertz CT molecular complexity index is 108. The number of amides is 2. The van der Waals surface area contributed by atoms with Gasteiger partial charge < -0.3 is 16.9 Å². The van der Waals surface area contributed by atoms with Gasteiger partial charge in [0.1, 0.15) is 11.8 Å². The molecule has 0 aromatic rings. The monoisotopic (exact) mass is 240 g/mol. The lowest BCUT2D eigenvalue weighted by Crippen LogP contribution is -2.10. The minimum Gasteiger partial charge on any atom is -0.412 e. The van der Waals surface area contributed by atoms with Crippen molar-refractivity contribution in [2.24, 2.45) is 11.5 Å². The molecule has 0 bridgehead atoms. The molecule has 0 rings (SSSR count). The molecule has 76 valence electrons. The highest BCUT2D eigenvalue weighted by molar-refractivity contribution is 6.27. The van der Waals surface area contributed by atoms with Gasteiger partial charge in [-0.3, -0.25) is 9.59 Å². The van der Waals surface area contributed by atoms with E-state index in [0.29, 0.717) is 0 Å². The fraction of sp³-hybridized carbons (Fsp3) is 0.500. The van der Waals surface area contributed by atoms with Gasteiger partial charge in [0.05, 0.1) is 0 Å². The van der Waals surface area contributed by atoms with E-state index in [-0.39, 0.29) is 29.6 Å². The van der Waals surface area contributed by atoms with Gasteiger partial charge in [-0.25, -0.2) is 0 Å². The number of hydrogen-bond acceptors (Lipinski definition) is 2. The maximum absolute atomic E-state index is 9.46. The lowest BCUT2D eigenvalue weighted by atomic mass is 10.8. The Morgan fingerprint density at radius 2 is 1.08 bits per heavy atom. The van der Waals surface area contributed by atoms with Gasteiger partial charge in [0.2, 0.25) is 11.8 Å². The Labute approximate surface area is 86.1 Å². The number of hydrogen-bond donors (Lipinski definition) is 2. The molecule has 0 saturated heterocycles. The van der Waals surface area contributed by atoms with Crippen molar-refractivity contribution in [3.63, 3.8) is 0 Å². The number of carbonyl (C=O) groups is 2. The summed E-state index contributed by atoms with van der Waals surface area (Å²) >= 11 is 9.72. The van der Waals surface area contributed by atoms with Gasteiger partial charge in [0, 0.05) is 0 Å². The molecule has 0 spiro atoms. The molecule has 6 N–H and O–H groups in total. The first-order valence-electron chi connectivity index (χ1n) is 2.23. The highest BCUT2D eigenvalue weighted by Gasteiger charge is 1.80. The molecule has 0 saturated carbocycles. The van der Waals surface area contributed by atoms with Crippen LogP contribution >= 0.6 is 35.6 Å². The first kappa shape index (κ1) is 22.6. The van der Waals surface area contributed by atoms with Crippen LogP contribution in [0.3, 0.4) is 0 Å². The molecule has 5 nitrogen and oxygen atoms in total. The van der Waals surface area contributed by atoms with Crippen LogP contribution in [0.25, 0.3) is 0 Å². The predicted octanol–water partition coefficient (Wildman–Crippen LogP) is -0.982. The molecule has 0 radical (unpaired) electrons. The summed E-state index contributed by atoms with van der Waals surface area (Å²) in [4.78, 5) is 18.9. The lowest BCUT2D eigenvalue weighted by Gasteiger charge is -1.71. The van der Waals surface area contributed by atoms with Gasteiger partial charge in [-0.15, -0.1) is 35.6 Å². The zero-order chi connectivity index (χ0) is 8.57. The number of nitrogens with two attached hydrogens (primary N) is 2. The fourth-order valence-electron chi connectivity index (χ4n) is 0. The summed E-state index contributed by atoms with van der Waals surface area (Å²) in [6.45, 7) is 0. The summed E-state index contributed by atoms with van der Waals surface area (Å²) in [6.07, 6.45) is 0. The van der Waals surface area contributed by atoms with Crippen molar-refractivity contribution in [2.45, 2.75) is 0 Å². The van der Waals surface area contributed by atoms with E-state index in [4.69, 9.17) is 23.2 Å². The zero-order valence-electron chi connectivity index (χ0n) is 6.05. The molecule has 12 heavy (non-hydrogen) atoms. The molecular formula is C4H11Cl3N2O3. The van der Waals surface area contributed by atoms with Crippen LogP contribution in [0.4, 0.5) is 0 Å². The Kier molecular flexibility index (Phi) is 32.1. The third-order valence-corrected chi connectivity index (χ3v) is 0.790. The SMILES string of the molecule is Cl.NC(=O)CCl.NC(=O)CCl.O. The average molecular weight is 242 g/mol. The molecule has 0 aromatic carbocycles. The van der Waals surface area contributed by atoms with Gasteiger partial charge in [-0.2, -0.15) is 0 Å². The summed E-state index contributed by atoms with van der Waals surface area (Å²) in [5.74, 6) is -1.13. The van der Waals surface area contributed by atoms with Crippen molar-refractivity contribution in [1.29, 1.82) is 0 Å². The second-order valence-corrected chi connectivity index (χ2v) is 1.73. The molecule has 0 fully saturated rings. The van der Waals surface area contributed by atoms with E-state index < -0.39 is 11.8 Å². The third kappa shape index (κ3) is 52.9. The van der Waals surface area contributed by atoms with Crippen LogP contribution in [0.2, 0.25) is 0 Å². The van der Waals surface area contributed by atoms with Crippen LogP contribution in [0.1, 0.15) is 0 Å². The highest BCUT2D eigenvalue weighted by atomic mass is 35.5. The number of alkyl halides is 2. The molecule has 0 aliphatic carbocycles. The lowest BCUT2D eigenvalue weighted by molar-refractivity contribution is -0.116. The van der Waals surface area contributed by atoms with E-state index in [2.05, 4.69) is 11.5 Å². The topological polar surface area (TPSA) is 118 Å². The standard InChI is InChI=1S/2C2H4ClNO.ClH.H2O/c2*3-1-2(4)5;;/h2*1H2,(H2,4,5);1H;1H2. The Balaban J connectivity index is -0.0000000457. The smallest absolute Gasteiger partial charge is 0.232 e. The zero-order valence-corrected chi connectivity index (χ0v) is 8.38. The van der Waals surface area contributed by atoms with Gasteiger partial charge in [0.25, 0.3) is 0 Å². The van der Waals surface area contributed by atoms with Crippen LogP contribution in [0, 0.1) is 0 Å². The Morgan fingerprint density at radius 1 is 1.00 bits per heavy atom. The van der Waals surface area contributed by atoms with Gasteiger partial charge in [-0.05, 0) is 0 Å². The van der Waals surface area contributed by atoms with Gasteiger partial charge >= 0.3 is 0 Å². The quantitative estimate of drug-likeness (QED) is 0.604. The summed E-state index contributed by atoms with van der Waals surface area (Å²) < 4.78 is 0. The second kappa shape index (κ2) is 17.0. The molecule has 0 aliphatic rings. The molecule has 0 aliphatic heterocycles. The normalized spacial score (nSPS) is 6.17. The van der Waals surface area contributed by atoms with E-state index in [1.807, 2.05) is 0 Å². The highest BCUT2D eigenvalue weighted by Crippen LogP contribution is 1.65. The first-order chi connectivity index (χ1) is 4.54. The summed E-state index contributed by atoms with van der Waals surface area (Å²) in [7, 11) is 0. The maximum Gasteiger partial charge on any atom is 0.232 e. The van der Waals surface area contributed by atoms with Crippen LogP contribution in [-0.2, 0) is 9.59 Å². The fourth-order valence-corrected chi connectivity index (χ4v) is 0. The van der Waals surface area contributed by atoms with Crippen molar-refractivity contribution >= 4 is 47.4 Å². The molecule has 0 aromatic heterocycles. The van der Waals surface area contributed by atoms with Crippen molar-refractivity contribution in [3.05, 3.63) is 0 Å². The largest absolute Gasteiger partial charge is 0.412 e. The number of carbonyl (C=O) groups excluding carboxylic acids is 2. The van der Waals surface area contributed by atoms with Crippen LogP contribution < -0.4 is 11.5 Å². The third-order valence-electron chi connectivity index (χ3n) is 0.263. The van der Waals surface area contributed by atoms with Gasteiger partial charge in [0.15, 0.2) is 0 Å². The summed E-state index contributed by atoms with van der Waals surface area (Å²) in [5.41, 5.74) is 9.04. The van der Waals surface area contributed by atoms with Crippen molar-refractivity contribution in [1.82, 2.24) is 0 Å². The maximum atomic E-state index is 9.46. The first-order valence-corrected chi connectivity index (χ1v) is 3.30. The molecule has 8 heteroatoms. The van der Waals surface area contributed by atoms with E-state index in [1.54, 1.807) is 0 Å². The molecule has 0 heterocycles. The van der Waals surface area contributed by atoms with E-state index >= 15 is 0 Å². The van der Waals surface area contributed by atoms with Crippen LogP contribution in [-0.4, -0.2) is 29.1 Å². The van der Waals surface area contributed by atoms with Gasteiger partial charge in [-0.1, -0.05) is 0 Å². The molecular weight excluding hydrogens is 230 g/mol. The summed E-state index contributed by atoms with van der Waals surface area (Å²) in [5, 5.41) is 0. The number of halogens is 3. The number of rotatable bonds is 2. The molecule has 0 atom stereocenters. The second-order valence-electron chi connectivity index (χ2n) is 1.20. The van der Waals surface area contributed by atoms with Crippen molar-refractivity contribution in [3.8, 4) is 0 Å². The Morgan fingerprint density at radius 3 is 1.08 bits per heavy atom. The average Bonchev–Trinajstić information content (AvgIpc) is 1.89. The molecule has 0 unspecified atom stereocenters. The van der Waals surface area contributed by atoms with Crippen LogP contribution in [0.15, 0.2) is 0 Å². The van der Waals surface area contributed by atoms with Crippen molar-refractivity contribution < 1.29 is 15.1 Å². The Hall–Kier alpha value is -0.230. The van der Waals surface area contributed by atoms with Crippen molar-refractivity contribution in [2.75, 3.05) is 11.8 Å². The molecule has 2 amide bonds. The van der Waals surface area contributed by atoms with E-state index in [1.165, 1.54) is 0 Å². The van der Waals surface area contributed by atoms with E-state index in [0.717, 1.165) is 0 Å². The van der Waals surface area contributed by atoms with E-state index in [9.17, 15) is 9.59 Å². The minimum atomic E-state index is -0.480. The predicted molar refractivity (Wildman–Crippen MR) is 50.7 cm³/mol.